The van der Waals surface area contributed by atoms with Crippen LogP contribution < -0.4 is 10.1 Å². The monoisotopic (exact) mass is 448 g/mol. The van der Waals surface area contributed by atoms with E-state index in [9.17, 15) is 25.2 Å². The Hall–Kier alpha value is -2.17. The van der Waals surface area contributed by atoms with Crippen molar-refractivity contribution in [1.29, 1.82) is 0 Å². The normalized spacial score (nSPS) is 25.8. The molecule has 0 bridgehead atoms. The van der Waals surface area contributed by atoms with Crippen LogP contribution in [0.2, 0.25) is 0 Å². The highest BCUT2D eigenvalue weighted by atomic mass is 32.2. The van der Waals surface area contributed by atoms with Crippen LogP contribution in [0.3, 0.4) is 0 Å². The number of ether oxygens (including phenoxy) is 1. The molecule has 2 heterocycles. The highest BCUT2D eigenvalue weighted by Crippen LogP contribution is 2.35. The average Bonchev–Trinajstić information content (AvgIpc) is 2.76. The second-order valence-electron chi connectivity index (χ2n) is 7.50. The van der Waals surface area contributed by atoms with Crippen molar-refractivity contribution < 1.29 is 30.0 Å². The number of amides is 1. The zero-order chi connectivity index (χ0) is 22.5. The minimum absolute atomic E-state index is 0.197. The molecule has 5 N–H and O–H groups in total. The van der Waals surface area contributed by atoms with Crippen molar-refractivity contribution in [3.05, 3.63) is 53.1 Å². The van der Waals surface area contributed by atoms with Gasteiger partial charge in [0.25, 0.3) is 0 Å². The Bertz CT molecular complexity index is 892. The number of benzene rings is 1. The number of aliphatic hydroxyl groups is 4. The van der Waals surface area contributed by atoms with Gasteiger partial charge in [-0.25, -0.2) is 0 Å². The molecule has 1 aromatic carbocycles. The summed E-state index contributed by atoms with van der Waals surface area (Å²) in [6.07, 6.45) is -2.68. The number of aryl methyl sites for hydroxylation is 1. The van der Waals surface area contributed by atoms with Crippen LogP contribution in [0.15, 0.2) is 36.4 Å². The number of thioether (sulfide) groups is 1. The molecule has 0 unspecified atom stereocenters. The van der Waals surface area contributed by atoms with Crippen molar-refractivity contribution >= 4 is 23.5 Å². The van der Waals surface area contributed by atoms with Crippen LogP contribution in [0.5, 0.6) is 5.88 Å². The van der Waals surface area contributed by atoms with Gasteiger partial charge in [0.2, 0.25) is 11.8 Å². The molecule has 0 radical (unpaired) electrons. The number of carbonyl (C=O) groups excluding carboxylic acids is 1. The van der Waals surface area contributed by atoms with Crippen LogP contribution in [-0.4, -0.2) is 66.9 Å². The molecule has 168 valence electrons. The predicted molar refractivity (Wildman–Crippen MR) is 118 cm³/mol. The molecule has 9 heteroatoms. The highest BCUT2D eigenvalue weighted by Gasteiger charge is 2.44. The zero-order valence-corrected chi connectivity index (χ0v) is 18.2. The van der Waals surface area contributed by atoms with Gasteiger partial charge in [0.05, 0.1) is 18.0 Å². The summed E-state index contributed by atoms with van der Waals surface area (Å²) in [6.45, 7) is 3.07. The molecule has 1 aliphatic heterocycles. The number of rotatable bonds is 7. The third kappa shape index (κ3) is 5.75. The molecule has 1 fully saturated rings. The third-order valence-electron chi connectivity index (χ3n) is 5.15. The molecule has 31 heavy (non-hydrogen) atoms. The van der Waals surface area contributed by atoms with E-state index in [0.29, 0.717) is 12.2 Å². The van der Waals surface area contributed by atoms with Crippen LogP contribution in [0.1, 0.15) is 30.5 Å². The predicted octanol–water partition coefficient (Wildman–Crippen LogP) is 1.09. The molecule has 1 aliphatic rings. The molecule has 1 saturated heterocycles. The molecular weight excluding hydrogens is 420 g/mol. The Morgan fingerprint density at radius 1 is 1.06 bits per heavy atom. The number of hydrogen-bond donors (Lipinski definition) is 5. The average molecular weight is 449 g/mol. The fraction of sp³-hybridized carbons (Fsp3) is 0.455. The lowest BCUT2D eigenvalue weighted by atomic mass is 10.0. The number of nitrogens with zero attached hydrogens (tertiary/aromatic N) is 1. The van der Waals surface area contributed by atoms with Crippen molar-refractivity contribution in [3.8, 4) is 5.88 Å². The Labute approximate surface area is 185 Å². The lowest BCUT2D eigenvalue weighted by Gasteiger charge is -2.39. The van der Waals surface area contributed by atoms with Crippen LogP contribution >= 0.6 is 11.8 Å². The van der Waals surface area contributed by atoms with Crippen molar-refractivity contribution in [2.75, 3.05) is 11.9 Å². The van der Waals surface area contributed by atoms with Gasteiger partial charge in [-0.2, -0.15) is 4.98 Å². The smallest absolute Gasteiger partial charge is 0.222 e. The lowest BCUT2D eigenvalue weighted by Crippen LogP contribution is -2.55. The van der Waals surface area contributed by atoms with Crippen LogP contribution in [-0.2, 0) is 17.6 Å². The standard InChI is InChI=1S/C22H28N2O6S/c1-3-13-4-6-14(7-5-13)10-15-8-9-17(23-12(2)26)24-21(15)30-22-20(29)19(28)18(27)16(11-25)31-22/h4-9,16,18-20,22,25,27-29H,3,10-11H2,1-2H3,(H,23,24,26)/t16-,18-,19+,20-,22-/m1/s1. The van der Waals surface area contributed by atoms with Crippen LogP contribution in [0.4, 0.5) is 5.82 Å². The summed E-state index contributed by atoms with van der Waals surface area (Å²) >= 11 is 1.03. The minimum Gasteiger partial charge on any atom is -0.460 e. The van der Waals surface area contributed by atoms with Crippen molar-refractivity contribution in [2.24, 2.45) is 0 Å². The number of nitrogens with one attached hydrogen (secondary N) is 1. The van der Waals surface area contributed by atoms with Gasteiger partial charge in [0, 0.05) is 18.9 Å². The molecule has 5 atom stereocenters. The summed E-state index contributed by atoms with van der Waals surface area (Å²) in [5, 5.41) is 41.9. The zero-order valence-electron chi connectivity index (χ0n) is 17.4. The van der Waals surface area contributed by atoms with Gasteiger partial charge in [0.15, 0.2) is 5.44 Å². The third-order valence-corrected chi connectivity index (χ3v) is 6.57. The Balaban J connectivity index is 1.88. The summed E-state index contributed by atoms with van der Waals surface area (Å²) in [4.78, 5) is 15.8. The Morgan fingerprint density at radius 3 is 2.35 bits per heavy atom. The topological polar surface area (TPSA) is 132 Å². The van der Waals surface area contributed by atoms with E-state index in [4.69, 9.17) is 4.74 Å². The number of anilines is 1. The van der Waals surface area contributed by atoms with E-state index in [-0.39, 0.29) is 18.4 Å². The fourth-order valence-corrected chi connectivity index (χ4v) is 4.56. The molecular formula is C22H28N2O6S. The van der Waals surface area contributed by atoms with E-state index in [1.54, 1.807) is 12.1 Å². The van der Waals surface area contributed by atoms with E-state index in [0.717, 1.165) is 29.3 Å². The van der Waals surface area contributed by atoms with E-state index in [2.05, 4.69) is 29.4 Å². The maximum absolute atomic E-state index is 11.4. The quantitative estimate of drug-likeness (QED) is 0.425. The van der Waals surface area contributed by atoms with E-state index < -0.39 is 29.0 Å². The number of pyridine rings is 1. The van der Waals surface area contributed by atoms with Crippen LogP contribution in [0.25, 0.3) is 0 Å². The maximum Gasteiger partial charge on any atom is 0.222 e. The first kappa shape index (κ1) is 23.5. The molecule has 3 rings (SSSR count). The maximum atomic E-state index is 11.4. The van der Waals surface area contributed by atoms with Gasteiger partial charge in [-0.1, -0.05) is 31.2 Å². The molecule has 0 spiro atoms. The highest BCUT2D eigenvalue weighted by molar-refractivity contribution is 8.00. The van der Waals surface area contributed by atoms with E-state index in [1.165, 1.54) is 12.5 Å². The van der Waals surface area contributed by atoms with Gasteiger partial charge < -0.3 is 30.5 Å². The van der Waals surface area contributed by atoms with Gasteiger partial charge in [0.1, 0.15) is 18.0 Å². The molecule has 0 saturated carbocycles. The Kier molecular flexibility index (Phi) is 7.90. The van der Waals surface area contributed by atoms with Gasteiger partial charge in [-0.05, 0) is 29.7 Å². The van der Waals surface area contributed by atoms with Gasteiger partial charge in [-0.3, -0.25) is 4.79 Å². The lowest BCUT2D eigenvalue weighted by molar-refractivity contribution is -0.114. The van der Waals surface area contributed by atoms with Crippen molar-refractivity contribution in [2.45, 2.75) is 55.7 Å². The molecule has 1 aromatic heterocycles. The first-order valence-corrected chi connectivity index (χ1v) is 11.1. The summed E-state index contributed by atoms with van der Waals surface area (Å²) < 4.78 is 5.96. The van der Waals surface area contributed by atoms with Crippen molar-refractivity contribution in [3.63, 3.8) is 0 Å². The van der Waals surface area contributed by atoms with Gasteiger partial charge in [-0.15, -0.1) is 11.8 Å². The Morgan fingerprint density at radius 2 is 1.74 bits per heavy atom. The van der Waals surface area contributed by atoms with E-state index >= 15 is 0 Å². The minimum atomic E-state index is -1.47. The largest absolute Gasteiger partial charge is 0.460 e. The number of carbonyl (C=O) groups is 1. The summed E-state index contributed by atoms with van der Waals surface area (Å²) in [5.41, 5.74) is 2.03. The summed E-state index contributed by atoms with van der Waals surface area (Å²) in [7, 11) is 0. The summed E-state index contributed by atoms with van der Waals surface area (Å²) in [5.74, 6) is 0.206. The molecule has 0 aliphatic carbocycles. The second-order valence-corrected chi connectivity index (χ2v) is 8.85. The van der Waals surface area contributed by atoms with Gasteiger partial charge >= 0.3 is 0 Å². The number of hydrogen-bond acceptors (Lipinski definition) is 8. The van der Waals surface area contributed by atoms with Crippen molar-refractivity contribution in [1.82, 2.24) is 4.98 Å². The first-order chi connectivity index (χ1) is 14.8. The first-order valence-electron chi connectivity index (χ1n) is 10.1. The molecule has 2 aromatic rings. The summed E-state index contributed by atoms with van der Waals surface area (Å²) in [6, 6.07) is 11.6. The number of aliphatic hydroxyl groups excluding tert-OH is 4. The second kappa shape index (κ2) is 10.4. The number of aromatic nitrogens is 1. The SMILES string of the molecule is CCc1ccc(Cc2ccc(NC(C)=O)nc2O[C@@H]2S[C@H](CO)[C@@H](O)[C@H](O)[C@H]2O)cc1. The van der Waals surface area contributed by atoms with Crippen LogP contribution in [0, 0.1) is 0 Å². The van der Waals surface area contributed by atoms with E-state index in [1.807, 2.05) is 12.1 Å². The fourth-order valence-electron chi connectivity index (χ4n) is 3.34. The molecule has 8 nitrogen and oxygen atoms in total. The molecule has 1 amide bonds.